The summed E-state index contributed by atoms with van der Waals surface area (Å²) in [6.07, 6.45) is 2.87. The topological polar surface area (TPSA) is 30.7 Å². The molecular formula is C19H11ClF3N3. The first-order valence-electron chi connectivity index (χ1n) is 7.69. The molecule has 2 aromatic heterocycles. The van der Waals surface area contributed by atoms with Crippen molar-refractivity contribution in [2.24, 2.45) is 0 Å². The Hall–Kier alpha value is -2.86. The molecule has 0 radical (unpaired) electrons. The lowest BCUT2D eigenvalue weighted by molar-refractivity contribution is 0.589. The first kappa shape index (κ1) is 16.6. The van der Waals surface area contributed by atoms with Gasteiger partial charge in [0.1, 0.15) is 28.6 Å². The van der Waals surface area contributed by atoms with Crippen LogP contribution in [-0.4, -0.2) is 14.5 Å². The van der Waals surface area contributed by atoms with Gasteiger partial charge in [0.15, 0.2) is 5.82 Å². The molecule has 0 N–H and O–H groups in total. The third-order valence-electron chi connectivity index (χ3n) is 4.16. The number of fused-ring (bicyclic) bond motifs is 1. The average Bonchev–Trinajstić information content (AvgIpc) is 2.99. The van der Waals surface area contributed by atoms with Crippen molar-refractivity contribution < 1.29 is 13.2 Å². The van der Waals surface area contributed by atoms with Crippen molar-refractivity contribution in [3.05, 3.63) is 77.1 Å². The Labute approximate surface area is 151 Å². The molecule has 0 amide bonds. The molecular weight excluding hydrogens is 363 g/mol. The van der Waals surface area contributed by atoms with Crippen molar-refractivity contribution in [1.82, 2.24) is 14.5 Å². The highest BCUT2D eigenvalue weighted by atomic mass is 35.5. The largest absolute Gasteiger partial charge is 0.295 e. The average molecular weight is 374 g/mol. The Morgan fingerprint density at radius 1 is 0.962 bits per heavy atom. The van der Waals surface area contributed by atoms with Crippen LogP contribution in [0, 0.1) is 24.4 Å². The SMILES string of the molecule is Cc1cc(F)ccc1-c1c(-n2cnc3cc(F)cc(F)c32)ccnc1Cl. The maximum absolute atomic E-state index is 14.4. The van der Waals surface area contributed by atoms with E-state index in [2.05, 4.69) is 9.97 Å². The van der Waals surface area contributed by atoms with Gasteiger partial charge >= 0.3 is 0 Å². The summed E-state index contributed by atoms with van der Waals surface area (Å²) in [6, 6.07) is 7.88. The van der Waals surface area contributed by atoms with Gasteiger partial charge in [-0.1, -0.05) is 17.7 Å². The number of benzene rings is 2. The van der Waals surface area contributed by atoms with Crippen LogP contribution in [0.3, 0.4) is 0 Å². The van der Waals surface area contributed by atoms with Crippen molar-refractivity contribution in [2.45, 2.75) is 6.92 Å². The molecule has 4 aromatic rings. The van der Waals surface area contributed by atoms with Gasteiger partial charge in [-0.05, 0) is 36.2 Å². The molecule has 0 saturated carbocycles. The van der Waals surface area contributed by atoms with Crippen LogP contribution in [-0.2, 0) is 0 Å². The number of hydrogen-bond acceptors (Lipinski definition) is 2. The number of imidazole rings is 1. The highest BCUT2D eigenvalue weighted by Gasteiger charge is 2.18. The van der Waals surface area contributed by atoms with E-state index in [9.17, 15) is 13.2 Å². The smallest absolute Gasteiger partial charge is 0.152 e. The molecule has 2 aromatic carbocycles. The van der Waals surface area contributed by atoms with Gasteiger partial charge in [0.25, 0.3) is 0 Å². The van der Waals surface area contributed by atoms with E-state index in [-0.39, 0.29) is 22.0 Å². The summed E-state index contributed by atoms with van der Waals surface area (Å²) in [5.41, 5.74) is 2.62. The number of rotatable bonds is 2. The van der Waals surface area contributed by atoms with Gasteiger partial charge in [-0.2, -0.15) is 0 Å². The monoisotopic (exact) mass is 373 g/mol. The van der Waals surface area contributed by atoms with Crippen LogP contribution < -0.4 is 0 Å². The van der Waals surface area contributed by atoms with E-state index in [4.69, 9.17) is 11.6 Å². The zero-order chi connectivity index (χ0) is 18.4. The Balaban J connectivity index is 2.04. The van der Waals surface area contributed by atoms with E-state index in [1.54, 1.807) is 19.1 Å². The third-order valence-corrected chi connectivity index (χ3v) is 4.45. The summed E-state index contributed by atoms with van der Waals surface area (Å²) in [6.45, 7) is 1.74. The lowest BCUT2D eigenvalue weighted by atomic mass is 10.0. The summed E-state index contributed by atoms with van der Waals surface area (Å²) in [4.78, 5) is 8.17. The van der Waals surface area contributed by atoms with E-state index >= 15 is 0 Å². The third kappa shape index (κ3) is 2.63. The Morgan fingerprint density at radius 2 is 1.77 bits per heavy atom. The van der Waals surface area contributed by atoms with Crippen molar-refractivity contribution in [3.8, 4) is 16.8 Å². The lowest BCUT2D eigenvalue weighted by Gasteiger charge is -2.15. The number of pyridine rings is 1. The molecule has 0 aliphatic carbocycles. The molecule has 3 nitrogen and oxygen atoms in total. The molecule has 2 heterocycles. The van der Waals surface area contributed by atoms with Gasteiger partial charge in [0, 0.05) is 23.9 Å². The number of aromatic nitrogens is 3. The van der Waals surface area contributed by atoms with E-state index in [0.717, 1.165) is 12.1 Å². The second-order valence-corrected chi connectivity index (χ2v) is 6.18. The Bertz CT molecular complexity index is 1150. The standard InChI is InChI=1S/C19H11ClF3N3/c1-10-6-11(21)2-3-13(10)17-16(4-5-24-19(17)20)26-9-25-15-8-12(22)7-14(23)18(15)26/h2-9H,1H3. The minimum atomic E-state index is -0.743. The molecule has 4 rings (SSSR count). The fourth-order valence-corrected chi connectivity index (χ4v) is 3.29. The lowest BCUT2D eigenvalue weighted by Crippen LogP contribution is -2.00. The second kappa shape index (κ2) is 6.14. The zero-order valence-corrected chi connectivity index (χ0v) is 14.2. The molecule has 0 saturated heterocycles. The molecule has 0 aliphatic heterocycles. The quantitative estimate of drug-likeness (QED) is 0.436. The molecule has 7 heteroatoms. The summed E-state index contributed by atoms with van der Waals surface area (Å²) in [5, 5.41) is 0.182. The molecule has 26 heavy (non-hydrogen) atoms. The van der Waals surface area contributed by atoms with Crippen LogP contribution in [0.5, 0.6) is 0 Å². The first-order chi connectivity index (χ1) is 12.5. The Kier molecular flexibility index (Phi) is 3.92. The maximum atomic E-state index is 14.4. The van der Waals surface area contributed by atoms with Crippen LogP contribution in [0.15, 0.2) is 48.9 Å². The van der Waals surface area contributed by atoms with Crippen LogP contribution in [0.25, 0.3) is 27.8 Å². The normalized spacial score (nSPS) is 11.3. The van der Waals surface area contributed by atoms with Crippen LogP contribution in [0.1, 0.15) is 5.56 Å². The number of hydrogen-bond donors (Lipinski definition) is 0. The predicted molar refractivity (Wildman–Crippen MR) is 93.9 cm³/mol. The molecule has 0 unspecified atom stereocenters. The summed E-state index contributed by atoms with van der Waals surface area (Å²) in [7, 11) is 0. The summed E-state index contributed by atoms with van der Waals surface area (Å²) >= 11 is 6.32. The van der Waals surface area contributed by atoms with Crippen molar-refractivity contribution in [2.75, 3.05) is 0 Å². The highest BCUT2D eigenvalue weighted by Crippen LogP contribution is 2.36. The predicted octanol–water partition coefficient (Wildman–Crippen LogP) is 5.47. The molecule has 0 atom stereocenters. The fraction of sp³-hybridized carbons (Fsp3) is 0.0526. The van der Waals surface area contributed by atoms with Crippen LogP contribution >= 0.6 is 11.6 Å². The molecule has 0 fully saturated rings. The second-order valence-electron chi connectivity index (χ2n) is 5.83. The summed E-state index contributed by atoms with van der Waals surface area (Å²) in [5.74, 6) is -1.82. The zero-order valence-electron chi connectivity index (χ0n) is 13.5. The minimum absolute atomic E-state index is 0.120. The molecule has 130 valence electrons. The van der Waals surface area contributed by atoms with E-state index in [1.807, 2.05) is 0 Å². The van der Waals surface area contributed by atoms with Gasteiger partial charge in [-0.25, -0.2) is 23.1 Å². The fourth-order valence-electron chi connectivity index (χ4n) is 3.03. The Morgan fingerprint density at radius 3 is 2.54 bits per heavy atom. The van der Waals surface area contributed by atoms with Crippen LogP contribution in [0.2, 0.25) is 5.15 Å². The summed E-state index contributed by atoms with van der Waals surface area (Å²) < 4.78 is 42.8. The van der Waals surface area contributed by atoms with Crippen molar-refractivity contribution >= 4 is 22.6 Å². The molecule has 0 bridgehead atoms. The van der Waals surface area contributed by atoms with Gasteiger partial charge in [-0.15, -0.1) is 0 Å². The number of nitrogens with zero attached hydrogens (tertiary/aromatic N) is 3. The highest BCUT2D eigenvalue weighted by molar-refractivity contribution is 6.32. The van der Waals surface area contributed by atoms with Crippen molar-refractivity contribution in [1.29, 1.82) is 0 Å². The first-order valence-corrected chi connectivity index (χ1v) is 8.07. The van der Waals surface area contributed by atoms with Gasteiger partial charge in [0.05, 0.1) is 11.2 Å². The molecule has 0 spiro atoms. The van der Waals surface area contributed by atoms with Gasteiger partial charge in [0.2, 0.25) is 0 Å². The maximum Gasteiger partial charge on any atom is 0.152 e. The van der Waals surface area contributed by atoms with E-state index < -0.39 is 11.6 Å². The number of halogens is 4. The van der Waals surface area contributed by atoms with Crippen molar-refractivity contribution in [3.63, 3.8) is 0 Å². The van der Waals surface area contributed by atoms with Gasteiger partial charge in [-0.3, -0.25) is 4.57 Å². The van der Waals surface area contributed by atoms with Crippen LogP contribution in [0.4, 0.5) is 13.2 Å². The minimum Gasteiger partial charge on any atom is -0.295 e. The van der Waals surface area contributed by atoms with Gasteiger partial charge < -0.3 is 0 Å². The van der Waals surface area contributed by atoms with E-state index in [1.165, 1.54) is 29.2 Å². The molecule has 0 aliphatic rings. The number of aryl methyl sites for hydroxylation is 1. The van der Waals surface area contributed by atoms with E-state index in [0.29, 0.717) is 22.4 Å².